The maximum atomic E-state index is 9.49. The van der Waals surface area contributed by atoms with Crippen LogP contribution in [0, 0.1) is 0 Å². The van der Waals surface area contributed by atoms with Gasteiger partial charge in [-0.1, -0.05) is 0 Å². The van der Waals surface area contributed by atoms with E-state index in [9.17, 15) is 5.11 Å². The minimum absolute atomic E-state index is 0.0295. The second kappa shape index (κ2) is 5.36. The summed E-state index contributed by atoms with van der Waals surface area (Å²) in [5.41, 5.74) is 8.49. The van der Waals surface area contributed by atoms with E-state index in [-0.39, 0.29) is 6.61 Å². The molecular formula is C14H21N3O2. The van der Waals surface area contributed by atoms with Gasteiger partial charge in [0.2, 0.25) is 0 Å². The van der Waals surface area contributed by atoms with Gasteiger partial charge in [-0.2, -0.15) is 0 Å². The molecule has 0 bridgehead atoms. The summed E-state index contributed by atoms with van der Waals surface area (Å²) in [6, 6.07) is 6.24. The molecule has 104 valence electrons. The lowest BCUT2D eigenvalue weighted by Gasteiger charge is -2.45. The standard InChI is InChI=1S/C14H21N3O2/c15-12-1-2-14(11(7-12)9-18)17-4-3-16-5-6-19-10-13(16)8-17/h1-2,7,13,18H,3-6,8-10,15H2. The molecule has 5 nitrogen and oxygen atoms in total. The van der Waals surface area contributed by atoms with Gasteiger partial charge in [-0.3, -0.25) is 4.90 Å². The highest BCUT2D eigenvalue weighted by Gasteiger charge is 2.30. The van der Waals surface area contributed by atoms with Crippen molar-refractivity contribution in [3.8, 4) is 0 Å². The fourth-order valence-corrected chi connectivity index (χ4v) is 3.01. The zero-order valence-corrected chi connectivity index (χ0v) is 11.1. The summed E-state index contributed by atoms with van der Waals surface area (Å²) >= 11 is 0. The molecule has 19 heavy (non-hydrogen) atoms. The second-order valence-corrected chi connectivity index (χ2v) is 5.26. The number of rotatable bonds is 2. The van der Waals surface area contributed by atoms with E-state index in [1.54, 1.807) is 0 Å². The number of nitrogens with two attached hydrogens (primary N) is 1. The second-order valence-electron chi connectivity index (χ2n) is 5.26. The number of hydrogen-bond donors (Lipinski definition) is 2. The predicted octanol–water partition coefficient (Wildman–Crippen LogP) is 0.282. The molecule has 3 N–H and O–H groups in total. The molecular weight excluding hydrogens is 242 g/mol. The Labute approximate surface area is 113 Å². The van der Waals surface area contributed by atoms with Gasteiger partial charge >= 0.3 is 0 Å². The Kier molecular flexibility index (Phi) is 3.59. The fourth-order valence-electron chi connectivity index (χ4n) is 3.01. The molecule has 1 unspecified atom stereocenters. The zero-order valence-electron chi connectivity index (χ0n) is 11.1. The van der Waals surface area contributed by atoms with Gasteiger partial charge in [0.15, 0.2) is 0 Å². The van der Waals surface area contributed by atoms with Crippen molar-refractivity contribution >= 4 is 11.4 Å². The number of anilines is 2. The molecule has 1 aromatic carbocycles. The van der Waals surface area contributed by atoms with Crippen molar-refractivity contribution in [2.45, 2.75) is 12.6 Å². The summed E-state index contributed by atoms with van der Waals surface area (Å²) < 4.78 is 5.56. The van der Waals surface area contributed by atoms with E-state index in [0.29, 0.717) is 11.7 Å². The molecule has 3 rings (SSSR count). The van der Waals surface area contributed by atoms with Crippen LogP contribution in [0.1, 0.15) is 5.56 Å². The van der Waals surface area contributed by atoms with E-state index in [4.69, 9.17) is 10.5 Å². The third-order valence-electron chi connectivity index (χ3n) is 4.05. The fraction of sp³-hybridized carbons (Fsp3) is 0.571. The first-order valence-electron chi connectivity index (χ1n) is 6.84. The van der Waals surface area contributed by atoms with Gasteiger partial charge < -0.3 is 20.5 Å². The van der Waals surface area contributed by atoms with E-state index in [1.165, 1.54) is 0 Å². The predicted molar refractivity (Wildman–Crippen MR) is 75.2 cm³/mol. The van der Waals surface area contributed by atoms with Gasteiger partial charge in [0, 0.05) is 43.1 Å². The molecule has 2 aliphatic rings. The van der Waals surface area contributed by atoms with Gasteiger partial charge in [0.25, 0.3) is 0 Å². The molecule has 0 spiro atoms. The summed E-state index contributed by atoms with van der Waals surface area (Å²) in [6.45, 7) is 5.72. The summed E-state index contributed by atoms with van der Waals surface area (Å²) in [7, 11) is 0. The third-order valence-corrected chi connectivity index (χ3v) is 4.05. The Morgan fingerprint density at radius 3 is 3.05 bits per heavy atom. The zero-order chi connectivity index (χ0) is 13.2. The molecule has 0 radical (unpaired) electrons. The van der Waals surface area contributed by atoms with Crippen LogP contribution in [0.3, 0.4) is 0 Å². The topological polar surface area (TPSA) is 62.0 Å². The summed E-state index contributed by atoms with van der Waals surface area (Å²) in [4.78, 5) is 4.83. The van der Waals surface area contributed by atoms with Crippen molar-refractivity contribution in [3.05, 3.63) is 23.8 Å². The molecule has 0 amide bonds. The van der Waals surface area contributed by atoms with Gasteiger partial charge in [-0.25, -0.2) is 0 Å². The lowest BCUT2D eigenvalue weighted by atomic mass is 10.1. The Hall–Kier alpha value is -1.30. The van der Waals surface area contributed by atoms with Crippen LogP contribution >= 0.6 is 0 Å². The SMILES string of the molecule is Nc1ccc(N2CCN3CCOCC3C2)c(CO)c1. The van der Waals surface area contributed by atoms with Crippen molar-refractivity contribution in [2.75, 3.05) is 50.0 Å². The molecule has 1 aromatic rings. The molecule has 2 aliphatic heterocycles. The Balaban J connectivity index is 1.79. The van der Waals surface area contributed by atoms with E-state index in [2.05, 4.69) is 9.80 Å². The van der Waals surface area contributed by atoms with Crippen LogP contribution in [-0.4, -0.2) is 55.4 Å². The molecule has 0 aromatic heterocycles. The smallest absolute Gasteiger partial charge is 0.0702 e. The van der Waals surface area contributed by atoms with Crippen molar-refractivity contribution in [1.82, 2.24) is 4.90 Å². The number of nitrogen functional groups attached to an aromatic ring is 1. The van der Waals surface area contributed by atoms with E-state index < -0.39 is 0 Å². The van der Waals surface area contributed by atoms with Crippen LogP contribution in [0.5, 0.6) is 0 Å². The highest BCUT2D eigenvalue weighted by molar-refractivity contribution is 5.60. The Bertz CT molecular complexity index is 452. The summed E-state index contributed by atoms with van der Waals surface area (Å²) in [5, 5.41) is 9.49. The number of aliphatic hydroxyl groups is 1. The van der Waals surface area contributed by atoms with Crippen LogP contribution < -0.4 is 10.6 Å². The number of ether oxygens (including phenoxy) is 1. The molecule has 1 atom stereocenters. The highest BCUT2D eigenvalue weighted by Crippen LogP contribution is 2.26. The van der Waals surface area contributed by atoms with Crippen LogP contribution in [0.25, 0.3) is 0 Å². The summed E-state index contributed by atoms with van der Waals surface area (Å²) in [5.74, 6) is 0. The quantitative estimate of drug-likeness (QED) is 0.751. The van der Waals surface area contributed by atoms with Crippen LogP contribution in [0.4, 0.5) is 11.4 Å². The number of benzene rings is 1. The number of morpholine rings is 1. The number of nitrogens with zero attached hydrogens (tertiary/aromatic N) is 2. The van der Waals surface area contributed by atoms with Crippen molar-refractivity contribution in [2.24, 2.45) is 0 Å². The van der Waals surface area contributed by atoms with Gasteiger partial charge in [-0.05, 0) is 18.2 Å². The largest absolute Gasteiger partial charge is 0.399 e. The number of fused-ring (bicyclic) bond motifs is 1. The first kappa shape index (κ1) is 12.7. The average molecular weight is 263 g/mol. The van der Waals surface area contributed by atoms with Gasteiger partial charge in [0.05, 0.1) is 25.9 Å². The number of aliphatic hydroxyl groups excluding tert-OH is 1. The Morgan fingerprint density at radius 1 is 1.32 bits per heavy atom. The molecule has 2 saturated heterocycles. The van der Waals surface area contributed by atoms with Crippen LogP contribution in [0.2, 0.25) is 0 Å². The van der Waals surface area contributed by atoms with Crippen molar-refractivity contribution in [1.29, 1.82) is 0 Å². The maximum Gasteiger partial charge on any atom is 0.0702 e. The average Bonchev–Trinajstić information content (AvgIpc) is 2.46. The Morgan fingerprint density at radius 2 is 2.21 bits per heavy atom. The third kappa shape index (κ3) is 2.54. The molecule has 0 saturated carbocycles. The van der Waals surface area contributed by atoms with Crippen molar-refractivity contribution in [3.63, 3.8) is 0 Å². The number of hydrogen-bond acceptors (Lipinski definition) is 5. The van der Waals surface area contributed by atoms with Crippen molar-refractivity contribution < 1.29 is 9.84 Å². The lowest BCUT2D eigenvalue weighted by molar-refractivity contribution is -0.0117. The van der Waals surface area contributed by atoms with E-state index in [0.717, 1.165) is 50.6 Å². The first-order chi connectivity index (χ1) is 9.28. The number of piperazine rings is 1. The molecule has 2 fully saturated rings. The molecule has 2 heterocycles. The highest BCUT2D eigenvalue weighted by atomic mass is 16.5. The minimum Gasteiger partial charge on any atom is -0.399 e. The van der Waals surface area contributed by atoms with Gasteiger partial charge in [0.1, 0.15) is 0 Å². The van der Waals surface area contributed by atoms with E-state index >= 15 is 0 Å². The van der Waals surface area contributed by atoms with Crippen LogP contribution in [-0.2, 0) is 11.3 Å². The van der Waals surface area contributed by atoms with Gasteiger partial charge in [-0.15, -0.1) is 0 Å². The normalized spacial score (nSPS) is 24.3. The monoisotopic (exact) mass is 263 g/mol. The summed E-state index contributed by atoms with van der Waals surface area (Å²) in [6.07, 6.45) is 0. The first-order valence-corrected chi connectivity index (χ1v) is 6.84. The molecule has 5 heteroatoms. The molecule has 0 aliphatic carbocycles. The van der Waals surface area contributed by atoms with Crippen LogP contribution in [0.15, 0.2) is 18.2 Å². The lowest BCUT2D eigenvalue weighted by Crippen LogP contribution is -2.58. The van der Waals surface area contributed by atoms with E-state index in [1.807, 2.05) is 18.2 Å². The minimum atomic E-state index is 0.0295. The maximum absolute atomic E-state index is 9.49.